The SMILES string of the molecule is CCn1c(CC(=O)c2cnsn2)nc2ccccc21. The van der Waals surface area contributed by atoms with Gasteiger partial charge in [-0.15, -0.1) is 0 Å². The number of carbonyl (C=O) groups excluding carboxylic acids is 1. The maximum absolute atomic E-state index is 12.1. The van der Waals surface area contributed by atoms with Crippen LogP contribution in [-0.4, -0.2) is 24.1 Å². The summed E-state index contributed by atoms with van der Waals surface area (Å²) in [6.07, 6.45) is 1.76. The van der Waals surface area contributed by atoms with Crippen LogP contribution in [-0.2, 0) is 13.0 Å². The lowest BCUT2D eigenvalue weighted by molar-refractivity contribution is 0.0986. The van der Waals surface area contributed by atoms with E-state index in [4.69, 9.17) is 0 Å². The molecule has 3 aromatic rings. The minimum atomic E-state index is -0.0428. The lowest BCUT2D eigenvalue weighted by atomic mass is 10.2. The number of hydrogen-bond acceptors (Lipinski definition) is 5. The first-order valence-electron chi connectivity index (χ1n) is 6.04. The van der Waals surface area contributed by atoms with E-state index in [2.05, 4.69) is 18.3 Å². The van der Waals surface area contributed by atoms with E-state index in [-0.39, 0.29) is 12.2 Å². The molecule has 0 radical (unpaired) electrons. The molecule has 0 fully saturated rings. The van der Waals surface area contributed by atoms with E-state index in [0.29, 0.717) is 5.69 Å². The molecule has 19 heavy (non-hydrogen) atoms. The average molecular weight is 272 g/mol. The zero-order chi connectivity index (χ0) is 13.2. The van der Waals surface area contributed by atoms with Crippen molar-refractivity contribution in [3.63, 3.8) is 0 Å². The van der Waals surface area contributed by atoms with Crippen LogP contribution in [0.2, 0.25) is 0 Å². The number of imidazole rings is 1. The third kappa shape index (κ3) is 2.15. The van der Waals surface area contributed by atoms with Crippen LogP contribution in [0.3, 0.4) is 0 Å². The number of para-hydroxylation sites is 2. The highest BCUT2D eigenvalue weighted by Crippen LogP contribution is 2.17. The summed E-state index contributed by atoms with van der Waals surface area (Å²) >= 11 is 1.05. The van der Waals surface area contributed by atoms with E-state index < -0.39 is 0 Å². The largest absolute Gasteiger partial charge is 0.328 e. The molecule has 0 saturated heterocycles. The van der Waals surface area contributed by atoms with Crippen LogP contribution in [0.25, 0.3) is 11.0 Å². The van der Waals surface area contributed by atoms with E-state index in [1.54, 1.807) is 0 Å². The van der Waals surface area contributed by atoms with Gasteiger partial charge in [-0.1, -0.05) is 12.1 Å². The van der Waals surface area contributed by atoms with E-state index in [1.165, 1.54) is 6.20 Å². The number of rotatable bonds is 4. The predicted molar refractivity (Wildman–Crippen MR) is 73.4 cm³/mol. The van der Waals surface area contributed by atoms with Crippen molar-refractivity contribution in [3.05, 3.63) is 42.0 Å². The van der Waals surface area contributed by atoms with Gasteiger partial charge < -0.3 is 4.57 Å². The molecular formula is C13H12N4OS. The Morgan fingerprint density at radius 1 is 1.37 bits per heavy atom. The number of benzene rings is 1. The molecule has 96 valence electrons. The summed E-state index contributed by atoms with van der Waals surface area (Å²) < 4.78 is 9.88. The molecule has 6 heteroatoms. The van der Waals surface area contributed by atoms with Crippen LogP contribution in [0.1, 0.15) is 23.2 Å². The van der Waals surface area contributed by atoms with Gasteiger partial charge in [-0.25, -0.2) is 4.98 Å². The third-order valence-electron chi connectivity index (χ3n) is 3.02. The highest BCUT2D eigenvalue weighted by molar-refractivity contribution is 6.99. The Bertz CT molecular complexity index is 717. The number of aryl methyl sites for hydroxylation is 1. The quantitative estimate of drug-likeness (QED) is 0.684. The van der Waals surface area contributed by atoms with Crippen molar-refractivity contribution < 1.29 is 4.79 Å². The van der Waals surface area contributed by atoms with Crippen molar-refractivity contribution in [3.8, 4) is 0 Å². The van der Waals surface area contributed by atoms with Crippen molar-refractivity contribution >= 4 is 28.5 Å². The zero-order valence-electron chi connectivity index (χ0n) is 10.4. The molecule has 0 aliphatic carbocycles. The van der Waals surface area contributed by atoms with Crippen LogP contribution < -0.4 is 0 Å². The van der Waals surface area contributed by atoms with Crippen LogP contribution in [0.4, 0.5) is 0 Å². The van der Waals surface area contributed by atoms with Gasteiger partial charge in [0, 0.05) is 6.54 Å². The Hall–Kier alpha value is -2.08. The van der Waals surface area contributed by atoms with Gasteiger partial charge in [0.15, 0.2) is 5.78 Å². The van der Waals surface area contributed by atoms with Gasteiger partial charge in [0.05, 0.1) is 35.4 Å². The number of Topliss-reactive ketones (excluding diaryl/α,β-unsaturated/α-hetero) is 1. The molecule has 2 heterocycles. The Kier molecular flexibility index (Phi) is 3.08. The zero-order valence-corrected chi connectivity index (χ0v) is 11.2. The fraction of sp³-hybridized carbons (Fsp3) is 0.231. The lowest BCUT2D eigenvalue weighted by Crippen LogP contribution is -2.10. The highest BCUT2D eigenvalue weighted by Gasteiger charge is 2.15. The Morgan fingerprint density at radius 3 is 2.95 bits per heavy atom. The molecular weight excluding hydrogens is 260 g/mol. The van der Waals surface area contributed by atoms with Crippen molar-refractivity contribution in [2.75, 3.05) is 0 Å². The van der Waals surface area contributed by atoms with Crippen molar-refractivity contribution in [1.29, 1.82) is 0 Å². The van der Waals surface area contributed by atoms with Gasteiger partial charge >= 0.3 is 0 Å². The first-order valence-corrected chi connectivity index (χ1v) is 6.77. The molecule has 0 atom stereocenters. The normalized spacial score (nSPS) is 11.0. The highest BCUT2D eigenvalue weighted by atomic mass is 32.1. The molecule has 2 aromatic heterocycles. The predicted octanol–water partition coefficient (Wildman–Crippen LogP) is 2.33. The topological polar surface area (TPSA) is 60.7 Å². The van der Waals surface area contributed by atoms with Gasteiger partial charge in [-0.3, -0.25) is 4.79 Å². The second kappa shape index (κ2) is 4.89. The summed E-state index contributed by atoms with van der Waals surface area (Å²) in [5.41, 5.74) is 2.40. The standard InChI is InChI=1S/C13H12N4OS/c1-2-17-11-6-4-3-5-9(11)15-13(17)7-12(18)10-8-14-19-16-10/h3-6,8H,2,7H2,1H3. The molecule has 0 spiro atoms. The number of carbonyl (C=O) groups is 1. The molecule has 1 aromatic carbocycles. The summed E-state index contributed by atoms with van der Waals surface area (Å²) in [5.74, 6) is 0.737. The van der Waals surface area contributed by atoms with E-state index in [0.717, 1.165) is 35.1 Å². The fourth-order valence-corrected chi connectivity index (χ4v) is 2.57. The number of nitrogens with zero attached hydrogens (tertiary/aromatic N) is 4. The molecule has 0 aliphatic heterocycles. The molecule has 0 saturated carbocycles. The Labute approximate surface area is 114 Å². The van der Waals surface area contributed by atoms with E-state index in [1.807, 2.05) is 31.2 Å². The van der Waals surface area contributed by atoms with Gasteiger partial charge in [0.2, 0.25) is 0 Å². The lowest BCUT2D eigenvalue weighted by Gasteiger charge is -2.04. The molecule has 5 nitrogen and oxygen atoms in total. The van der Waals surface area contributed by atoms with Gasteiger partial charge in [0.25, 0.3) is 0 Å². The summed E-state index contributed by atoms with van der Waals surface area (Å²) in [4.78, 5) is 16.6. The van der Waals surface area contributed by atoms with Crippen LogP contribution >= 0.6 is 11.7 Å². The monoisotopic (exact) mass is 272 g/mol. The minimum absolute atomic E-state index is 0.0428. The third-order valence-corrected chi connectivity index (χ3v) is 3.49. The maximum Gasteiger partial charge on any atom is 0.191 e. The number of hydrogen-bond donors (Lipinski definition) is 0. The molecule has 0 bridgehead atoms. The van der Waals surface area contributed by atoms with E-state index >= 15 is 0 Å². The second-order valence-electron chi connectivity index (χ2n) is 4.15. The van der Waals surface area contributed by atoms with Crippen LogP contribution in [0.5, 0.6) is 0 Å². The average Bonchev–Trinajstić information content (AvgIpc) is 3.05. The van der Waals surface area contributed by atoms with Gasteiger partial charge in [0.1, 0.15) is 11.5 Å². The summed E-state index contributed by atoms with van der Waals surface area (Å²) in [5, 5.41) is 0. The first kappa shape index (κ1) is 12.0. The maximum atomic E-state index is 12.1. The van der Waals surface area contributed by atoms with E-state index in [9.17, 15) is 4.79 Å². The van der Waals surface area contributed by atoms with Crippen LogP contribution in [0.15, 0.2) is 30.5 Å². The van der Waals surface area contributed by atoms with Gasteiger partial charge in [-0.05, 0) is 19.1 Å². The number of ketones is 1. The summed E-state index contributed by atoms with van der Waals surface area (Å²) in [6, 6.07) is 7.90. The summed E-state index contributed by atoms with van der Waals surface area (Å²) in [6.45, 7) is 2.84. The smallest absolute Gasteiger partial charge is 0.191 e. The Balaban J connectivity index is 1.99. The second-order valence-corrected chi connectivity index (χ2v) is 4.71. The minimum Gasteiger partial charge on any atom is -0.328 e. The summed E-state index contributed by atoms with van der Waals surface area (Å²) in [7, 11) is 0. The van der Waals surface area contributed by atoms with Crippen LogP contribution in [0, 0.1) is 0 Å². The van der Waals surface area contributed by atoms with Crippen molar-refractivity contribution in [2.24, 2.45) is 0 Å². The molecule has 0 unspecified atom stereocenters. The molecule has 0 N–H and O–H groups in total. The first-order chi connectivity index (χ1) is 9.29. The number of fused-ring (bicyclic) bond motifs is 1. The number of aromatic nitrogens is 4. The molecule has 0 amide bonds. The Morgan fingerprint density at radius 2 is 2.21 bits per heavy atom. The fourth-order valence-electron chi connectivity index (χ4n) is 2.13. The molecule has 0 aliphatic rings. The van der Waals surface area contributed by atoms with Crippen molar-refractivity contribution in [2.45, 2.75) is 19.9 Å². The van der Waals surface area contributed by atoms with Crippen molar-refractivity contribution in [1.82, 2.24) is 18.3 Å². The molecule has 3 rings (SSSR count). The van der Waals surface area contributed by atoms with Gasteiger partial charge in [-0.2, -0.15) is 8.75 Å².